The van der Waals surface area contributed by atoms with E-state index >= 15 is 0 Å². The molecule has 4 heteroatoms. The van der Waals surface area contributed by atoms with Crippen LogP contribution >= 0.6 is 11.3 Å². The van der Waals surface area contributed by atoms with Gasteiger partial charge in [0.15, 0.2) is 0 Å². The maximum absolute atomic E-state index is 4.12. The highest BCUT2D eigenvalue weighted by Gasteiger charge is 2.13. The number of pyridine rings is 3. The van der Waals surface area contributed by atoms with E-state index in [1.54, 1.807) is 11.3 Å². The van der Waals surface area contributed by atoms with Crippen LogP contribution in [0.5, 0.6) is 0 Å². The van der Waals surface area contributed by atoms with Gasteiger partial charge < -0.3 is 0 Å². The molecule has 0 bridgehead atoms. The molecule has 0 fully saturated rings. The summed E-state index contributed by atoms with van der Waals surface area (Å²) in [5.74, 6) is 0. The second kappa shape index (κ2) is 6.10. The van der Waals surface area contributed by atoms with Gasteiger partial charge in [0.1, 0.15) is 0 Å². The highest BCUT2D eigenvalue weighted by Crippen LogP contribution is 2.42. The Morgan fingerprint density at radius 2 is 1.04 bits per heavy atom. The van der Waals surface area contributed by atoms with Gasteiger partial charge >= 0.3 is 0 Å². The molecule has 0 aliphatic carbocycles. The van der Waals surface area contributed by atoms with Gasteiger partial charge in [0.05, 0.1) is 0 Å². The minimum absolute atomic E-state index is 1.17. The smallest absolute Gasteiger partial charge is 0.0428 e. The Balaban J connectivity index is 1.91. The number of thiophene rings is 1. The van der Waals surface area contributed by atoms with Gasteiger partial charge in [0, 0.05) is 52.5 Å². The van der Waals surface area contributed by atoms with E-state index in [0.717, 1.165) is 0 Å². The van der Waals surface area contributed by atoms with Crippen LogP contribution in [0.4, 0.5) is 0 Å². The highest BCUT2D eigenvalue weighted by atomic mass is 32.1. The first-order valence-corrected chi connectivity index (χ1v) is 8.08. The van der Waals surface area contributed by atoms with Crippen LogP contribution in [0.2, 0.25) is 0 Å². The van der Waals surface area contributed by atoms with Crippen LogP contribution in [0.3, 0.4) is 0 Å². The average molecular weight is 315 g/mol. The normalized spacial score (nSPS) is 10.6. The lowest BCUT2D eigenvalue weighted by atomic mass is 10.0. The zero-order valence-electron chi connectivity index (χ0n) is 12.3. The molecular weight excluding hydrogens is 302 g/mol. The first-order valence-electron chi connectivity index (χ1n) is 7.27. The second-order valence-corrected chi connectivity index (χ2v) is 6.11. The SMILES string of the molecule is c1cc(-c2cc(-c3ccncc3)c(-c3ccncc3)s2)ccn1. The summed E-state index contributed by atoms with van der Waals surface area (Å²) in [7, 11) is 0. The van der Waals surface area contributed by atoms with Gasteiger partial charge in [-0.05, 0) is 59.2 Å². The first kappa shape index (κ1) is 13.8. The quantitative estimate of drug-likeness (QED) is 0.538. The molecule has 4 rings (SSSR count). The monoisotopic (exact) mass is 315 g/mol. The van der Waals surface area contributed by atoms with Crippen molar-refractivity contribution in [1.82, 2.24) is 15.0 Å². The molecule has 110 valence electrons. The van der Waals surface area contributed by atoms with Gasteiger partial charge in [-0.25, -0.2) is 0 Å². The molecule has 0 N–H and O–H groups in total. The van der Waals surface area contributed by atoms with E-state index in [0.29, 0.717) is 0 Å². The molecule has 23 heavy (non-hydrogen) atoms. The zero-order valence-corrected chi connectivity index (χ0v) is 13.1. The molecule has 0 atom stereocenters. The third-order valence-corrected chi connectivity index (χ3v) is 4.86. The summed E-state index contributed by atoms with van der Waals surface area (Å²) in [6.45, 7) is 0. The summed E-state index contributed by atoms with van der Waals surface area (Å²) in [5, 5.41) is 0. The third kappa shape index (κ3) is 2.76. The Labute approximate surface area is 138 Å². The number of aromatic nitrogens is 3. The van der Waals surface area contributed by atoms with Crippen LogP contribution in [0.15, 0.2) is 79.6 Å². The van der Waals surface area contributed by atoms with Crippen molar-refractivity contribution in [3.63, 3.8) is 0 Å². The molecule has 0 aromatic carbocycles. The lowest BCUT2D eigenvalue weighted by Gasteiger charge is -2.03. The van der Waals surface area contributed by atoms with Crippen molar-refractivity contribution in [2.75, 3.05) is 0 Å². The molecule has 4 heterocycles. The molecule has 0 unspecified atom stereocenters. The molecule has 4 aromatic rings. The number of hydrogen-bond donors (Lipinski definition) is 0. The van der Waals surface area contributed by atoms with E-state index in [4.69, 9.17) is 0 Å². The van der Waals surface area contributed by atoms with E-state index in [-0.39, 0.29) is 0 Å². The van der Waals surface area contributed by atoms with Gasteiger partial charge in [-0.2, -0.15) is 0 Å². The molecule has 0 amide bonds. The fourth-order valence-corrected chi connectivity index (χ4v) is 3.70. The van der Waals surface area contributed by atoms with E-state index in [2.05, 4.69) is 21.0 Å². The lowest BCUT2D eigenvalue weighted by molar-refractivity contribution is 1.33. The molecule has 0 aliphatic heterocycles. The molecule has 0 aliphatic rings. The van der Waals surface area contributed by atoms with Crippen LogP contribution in [0, 0.1) is 0 Å². The van der Waals surface area contributed by atoms with Crippen LogP contribution in [-0.4, -0.2) is 15.0 Å². The van der Waals surface area contributed by atoms with E-state index in [9.17, 15) is 0 Å². The van der Waals surface area contributed by atoms with Crippen molar-refractivity contribution in [1.29, 1.82) is 0 Å². The summed E-state index contributed by atoms with van der Waals surface area (Å²) in [6, 6.07) is 14.5. The minimum Gasteiger partial charge on any atom is -0.265 e. The molecule has 3 nitrogen and oxygen atoms in total. The maximum Gasteiger partial charge on any atom is 0.0428 e. The van der Waals surface area contributed by atoms with Crippen molar-refractivity contribution in [2.24, 2.45) is 0 Å². The summed E-state index contributed by atoms with van der Waals surface area (Å²) in [6.07, 6.45) is 11.0. The number of hydrogen-bond acceptors (Lipinski definition) is 4. The van der Waals surface area contributed by atoms with Crippen molar-refractivity contribution in [2.45, 2.75) is 0 Å². The van der Waals surface area contributed by atoms with E-state index < -0.39 is 0 Å². The Hall–Kier alpha value is -2.85. The van der Waals surface area contributed by atoms with Gasteiger partial charge in [-0.1, -0.05) is 0 Å². The highest BCUT2D eigenvalue weighted by molar-refractivity contribution is 7.19. The predicted octanol–water partition coefficient (Wildman–Crippen LogP) is 4.93. The van der Waals surface area contributed by atoms with Crippen LogP contribution < -0.4 is 0 Å². The fourth-order valence-electron chi connectivity index (χ4n) is 2.51. The standard InChI is InChI=1S/C19H13N3S/c1-7-20-8-2-14(1)17-13-18(15-3-9-21-10-4-15)23-19(17)16-5-11-22-12-6-16/h1-13H. The number of rotatable bonds is 3. The summed E-state index contributed by atoms with van der Waals surface area (Å²) in [5.41, 5.74) is 4.75. The molecule has 0 radical (unpaired) electrons. The van der Waals surface area contributed by atoms with Crippen LogP contribution in [0.25, 0.3) is 32.0 Å². The molecule has 0 saturated carbocycles. The van der Waals surface area contributed by atoms with Gasteiger partial charge in [-0.3, -0.25) is 15.0 Å². The zero-order chi connectivity index (χ0) is 15.5. The third-order valence-electron chi connectivity index (χ3n) is 3.63. The lowest BCUT2D eigenvalue weighted by Crippen LogP contribution is -1.80. The molecular formula is C19H13N3S. The van der Waals surface area contributed by atoms with E-state index in [1.807, 2.05) is 73.6 Å². The molecule has 0 spiro atoms. The van der Waals surface area contributed by atoms with Gasteiger partial charge in [-0.15, -0.1) is 11.3 Å². The predicted molar refractivity (Wildman–Crippen MR) is 94.0 cm³/mol. The Morgan fingerprint density at radius 1 is 0.565 bits per heavy atom. The van der Waals surface area contributed by atoms with Crippen molar-refractivity contribution in [3.05, 3.63) is 79.6 Å². The van der Waals surface area contributed by atoms with Crippen LogP contribution in [-0.2, 0) is 0 Å². The van der Waals surface area contributed by atoms with Crippen LogP contribution in [0.1, 0.15) is 0 Å². The molecule has 0 saturated heterocycles. The first-order chi connectivity index (χ1) is 11.4. The minimum atomic E-state index is 1.17. The summed E-state index contributed by atoms with van der Waals surface area (Å²) >= 11 is 1.78. The number of nitrogens with zero attached hydrogens (tertiary/aromatic N) is 3. The fraction of sp³-hybridized carbons (Fsp3) is 0. The van der Waals surface area contributed by atoms with E-state index in [1.165, 1.54) is 32.0 Å². The Morgan fingerprint density at radius 3 is 1.61 bits per heavy atom. The summed E-state index contributed by atoms with van der Waals surface area (Å²) < 4.78 is 0. The second-order valence-electron chi connectivity index (χ2n) is 5.06. The Kier molecular flexibility index (Phi) is 3.66. The van der Waals surface area contributed by atoms with Crippen molar-refractivity contribution in [3.8, 4) is 32.0 Å². The van der Waals surface area contributed by atoms with Crippen molar-refractivity contribution >= 4 is 11.3 Å². The average Bonchev–Trinajstić information content (AvgIpc) is 3.09. The topological polar surface area (TPSA) is 38.7 Å². The van der Waals surface area contributed by atoms with Crippen molar-refractivity contribution < 1.29 is 0 Å². The largest absolute Gasteiger partial charge is 0.265 e. The Bertz CT molecular complexity index is 846. The van der Waals surface area contributed by atoms with Gasteiger partial charge in [0.2, 0.25) is 0 Å². The maximum atomic E-state index is 4.12. The molecule has 4 aromatic heterocycles. The summed E-state index contributed by atoms with van der Waals surface area (Å²) in [4.78, 5) is 14.8. The van der Waals surface area contributed by atoms with Gasteiger partial charge in [0.25, 0.3) is 0 Å².